The molecular formula is C18H17N. The van der Waals surface area contributed by atoms with Gasteiger partial charge in [-0.2, -0.15) is 0 Å². The quantitative estimate of drug-likeness (QED) is 0.800. The van der Waals surface area contributed by atoms with Crippen LogP contribution < -0.4 is 5.32 Å². The molecule has 1 heteroatoms. The lowest BCUT2D eigenvalue weighted by Gasteiger charge is -2.07. The van der Waals surface area contributed by atoms with E-state index in [4.69, 9.17) is 6.42 Å². The summed E-state index contributed by atoms with van der Waals surface area (Å²) in [5.74, 6) is 3.48. The highest BCUT2D eigenvalue weighted by Crippen LogP contribution is 2.39. The summed E-state index contributed by atoms with van der Waals surface area (Å²) in [6.45, 7) is 0.832. The van der Waals surface area contributed by atoms with E-state index in [1.807, 2.05) is 24.3 Å². The number of terminal acetylenes is 1. The average Bonchev–Trinajstić information content (AvgIpc) is 3.31. The first-order chi connectivity index (χ1) is 9.35. The zero-order valence-electron chi connectivity index (χ0n) is 10.9. The zero-order valence-corrected chi connectivity index (χ0v) is 10.9. The van der Waals surface area contributed by atoms with Crippen LogP contribution in [0.4, 0.5) is 5.69 Å². The van der Waals surface area contributed by atoms with Crippen molar-refractivity contribution in [3.63, 3.8) is 0 Å². The highest BCUT2D eigenvalue weighted by molar-refractivity contribution is 5.50. The highest BCUT2D eigenvalue weighted by atomic mass is 14.9. The zero-order chi connectivity index (χ0) is 13.1. The van der Waals surface area contributed by atoms with E-state index < -0.39 is 0 Å². The van der Waals surface area contributed by atoms with Gasteiger partial charge in [-0.1, -0.05) is 36.3 Å². The Hall–Kier alpha value is -2.20. The minimum absolute atomic E-state index is 0.828. The molecule has 0 spiro atoms. The number of benzene rings is 2. The third kappa shape index (κ3) is 2.98. The summed E-state index contributed by atoms with van der Waals surface area (Å²) in [5, 5.41) is 3.40. The van der Waals surface area contributed by atoms with Crippen LogP contribution in [0.15, 0.2) is 48.5 Å². The second-order valence-corrected chi connectivity index (χ2v) is 5.09. The van der Waals surface area contributed by atoms with Gasteiger partial charge in [-0.3, -0.25) is 0 Å². The maximum atomic E-state index is 5.40. The molecule has 1 saturated carbocycles. The minimum atomic E-state index is 0.828. The fourth-order valence-electron chi connectivity index (χ4n) is 2.25. The molecule has 0 unspecified atom stereocenters. The summed E-state index contributed by atoms with van der Waals surface area (Å²) in [5.41, 5.74) is 4.77. The van der Waals surface area contributed by atoms with Crippen LogP contribution in [0.25, 0.3) is 0 Å². The van der Waals surface area contributed by atoms with Gasteiger partial charge in [0.1, 0.15) is 0 Å². The van der Waals surface area contributed by atoms with Crippen molar-refractivity contribution in [2.45, 2.75) is 25.3 Å². The normalized spacial score (nSPS) is 13.8. The van der Waals surface area contributed by atoms with E-state index >= 15 is 0 Å². The lowest BCUT2D eigenvalue weighted by molar-refractivity contribution is 1.10. The van der Waals surface area contributed by atoms with Gasteiger partial charge in [-0.25, -0.2) is 0 Å². The van der Waals surface area contributed by atoms with Crippen molar-refractivity contribution in [2.24, 2.45) is 0 Å². The van der Waals surface area contributed by atoms with E-state index in [-0.39, 0.29) is 0 Å². The van der Waals surface area contributed by atoms with Crippen LogP contribution in [0.2, 0.25) is 0 Å². The van der Waals surface area contributed by atoms with Crippen LogP contribution in [0.1, 0.15) is 35.4 Å². The molecule has 0 aromatic heterocycles. The van der Waals surface area contributed by atoms with Crippen LogP contribution in [0.5, 0.6) is 0 Å². The van der Waals surface area contributed by atoms with Crippen molar-refractivity contribution >= 4 is 5.69 Å². The van der Waals surface area contributed by atoms with Gasteiger partial charge in [0.05, 0.1) is 0 Å². The topological polar surface area (TPSA) is 12.0 Å². The Morgan fingerprint density at radius 2 is 1.89 bits per heavy atom. The molecule has 1 aliphatic rings. The second kappa shape index (κ2) is 5.20. The molecule has 0 radical (unpaired) electrons. The van der Waals surface area contributed by atoms with E-state index in [0.29, 0.717) is 0 Å². The van der Waals surface area contributed by atoms with Gasteiger partial charge >= 0.3 is 0 Å². The van der Waals surface area contributed by atoms with Crippen molar-refractivity contribution < 1.29 is 0 Å². The lowest BCUT2D eigenvalue weighted by atomic mass is 10.1. The van der Waals surface area contributed by atoms with Gasteiger partial charge in [0.15, 0.2) is 0 Å². The summed E-state index contributed by atoms with van der Waals surface area (Å²) in [4.78, 5) is 0. The first kappa shape index (κ1) is 11.9. The maximum absolute atomic E-state index is 5.40. The number of hydrogen-bond acceptors (Lipinski definition) is 1. The predicted molar refractivity (Wildman–Crippen MR) is 80.1 cm³/mol. The van der Waals surface area contributed by atoms with Crippen LogP contribution in [0.3, 0.4) is 0 Å². The standard InChI is InChI=1S/C18H17N/c1-2-14-4-3-5-18(12-14)19-13-15-6-8-16(9-7-15)17-10-11-17/h1,3-9,12,17,19H,10-11,13H2. The molecule has 1 fully saturated rings. The van der Waals surface area contributed by atoms with E-state index in [1.165, 1.54) is 24.0 Å². The van der Waals surface area contributed by atoms with Crippen LogP contribution >= 0.6 is 0 Å². The summed E-state index contributed by atoms with van der Waals surface area (Å²) >= 11 is 0. The van der Waals surface area contributed by atoms with Crippen molar-refractivity contribution in [3.8, 4) is 12.3 Å². The fraction of sp³-hybridized carbons (Fsp3) is 0.222. The average molecular weight is 247 g/mol. The fourth-order valence-corrected chi connectivity index (χ4v) is 2.25. The van der Waals surface area contributed by atoms with Crippen LogP contribution in [0, 0.1) is 12.3 Å². The Morgan fingerprint density at radius 1 is 1.11 bits per heavy atom. The minimum Gasteiger partial charge on any atom is -0.381 e. The first-order valence-corrected chi connectivity index (χ1v) is 6.74. The summed E-state index contributed by atoms with van der Waals surface area (Å²) in [6.07, 6.45) is 8.11. The molecule has 0 heterocycles. The third-order valence-electron chi connectivity index (χ3n) is 3.55. The highest BCUT2D eigenvalue weighted by Gasteiger charge is 2.22. The molecule has 2 aromatic carbocycles. The SMILES string of the molecule is C#Cc1cccc(NCc2ccc(C3CC3)cc2)c1. The molecule has 1 nitrogen and oxygen atoms in total. The van der Waals surface area contributed by atoms with E-state index in [9.17, 15) is 0 Å². The van der Waals surface area contributed by atoms with Crippen LogP contribution in [-0.4, -0.2) is 0 Å². The van der Waals surface area contributed by atoms with Crippen LogP contribution in [-0.2, 0) is 6.54 Å². The molecule has 1 aliphatic carbocycles. The summed E-state index contributed by atoms with van der Waals surface area (Å²) in [6, 6.07) is 16.9. The van der Waals surface area contributed by atoms with Crippen molar-refractivity contribution in [1.82, 2.24) is 0 Å². The van der Waals surface area contributed by atoms with Gasteiger partial charge in [-0.15, -0.1) is 6.42 Å². The van der Waals surface area contributed by atoms with E-state index in [1.54, 1.807) is 0 Å². The molecule has 1 N–H and O–H groups in total. The monoisotopic (exact) mass is 247 g/mol. The number of rotatable bonds is 4. The largest absolute Gasteiger partial charge is 0.381 e. The second-order valence-electron chi connectivity index (χ2n) is 5.09. The van der Waals surface area contributed by atoms with E-state index in [0.717, 1.165) is 23.7 Å². The van der Waals surface area contributed by atoms with Crippen molar-refractivity contribution in [3.05, 3.63) is 65.2 Å². The van der Waals surface area contributed by atoms with Gasteiger partial charge in [0.25, 0.3) is 0 Å². The van der Waals surface area contributed by atoms with Gasteiger partial charge in [0, 0.05) is 17.8 Å². The molecule has 19 heavy (non-hydrogen) atoms. The third-order valence-corrected chi connectivity index (χ3v) is 3.55. The molecule has 2 aromatic rings. The van der Waals surface area contributed by atoms with Crippen molar-refractivity contribution in [1.29, 1.82) is 0 Å². The lowest BCUT2D eigenvalue weighted by Crippen LogP contribution is -1.99. The van der Waals surface area contributed by atoms with Gasteiger partial charge in [-0.05, 0) is 48.1 Å². The van der Waals surface area contributed by atoms with Gasteiger partial charge < -0.3 is 5.32 Å². The van der Waals surface area contributed by atoms with Crippen molar-refractivity contribution in [2.75, 3.05) is 5.32 Å². The Morgan fingerprint density at radius 3 is 2.58 bits per heavy atom. The van der Waals surface area contributed by atoms with Gasteiger partial charge in [0.2, 0.25) is 0 Å². The molecule has 0 aliphatic heterocycles. The molecule has 94 valence electrons. The molecular weight excluding hydrogens is 230 g/mol. The van der Waals surface area contributed by atoms with E-state index in [2.05, 4.69) is 35.5 Å². The Labute approximate surface area is 114 Å². The summed E-state index contributed by atoms with van der Waals surface area (Å²) in [7, 11) is 0. The Balaban J connectivity index is 1.63. The number of hydrogen-bond donors (Lipinski definition) is 1. The molecule has 0 amide bonds. The Kier molecular flexibility index (Phi) is 3.25. The molecule has 0 saturated heterocycles. The molecule has 3 rings (SSSR count). The number of anilines is 1. The first-order valence-electron chi connectivity index (χ1n) is 6.74. The molecule has 0 atom stereocenters. The Bertz CT molecular complexity index is 600. The maximum Gasteiger partial charge on any atom is 0.0400 e. The summed E-state index contributed by atoms with van der Waals surface area (Å²) < 4.78 is 0. The predicted octanol–water partition coefficient (Wildman–Crippen LogP) is 4.16. The smallest absolute Gasteiger partial charge is 0.0400 e. The number of nitrogens with one attached hydrogen (secondary N) is 1. The molecule has 0 bridgehead atoms.